The van der Waals surface area contributed by atoms with Crippen LogP contribution >= 0.6 is 57.6 Å². The number of thioether (sulfide) groups is 1. The number of thiazole rings is 2. The predicted octanol–water partition coefficient (Wildman–Crippen LogP) is 8.34. The van der Waals surface area contributed by atoms with Crippen molar-refractivity contribution in [3.63, 3.8) is 0 Å². The maximum atomic E-state index is 13.7. The Morgan fingerprint density at radius 2 is 1.35 bits per heavy atom. The van der Waals surface area contributed by atoms with Crippen molar-refractivity contribution in [1.29, 1.82) is 0 Å². The molecule has 0 saturated heterocycles. The summed E-state index contributed by atoms with van der Waals surface area (Å²) in [6.07, 6.45) is 2.61. The molecule has 40 heavy (non-hydrogen) atoms. The summed E-state index contributed by atoms with van der Waals surface area (Å²) in [7, 11) is -4.02. The Labute approximate surface area is 245 Å². The zero-order valence-electron chi connectivity index (χ0n) is 19.4. The van der Waals surface area contributed by atoms with Crippen molar-refractivity contribution in [1.82, 2.24) is 9.97 Å². The minimum Gasteiger partial charge on any atom is -0.434 e. The van der Waals surface area contributed by atoms with E-state index >= 15 is 0 Å². The Morgan fingerprint density at radius 3 is 1.85 bits per heavy atom. The van der Waals surface area contributed by atoms with E-state index < -0.39 is 51.8 Å². The van der Waals surface area contributed by atoms with Crippen molar-refractivity contribution < 1.29 is 44.2 Å². The fraction of sp³-hybridized carbons (Fsp3) is 0.182. The van der Waals surface area contributed by atoms with Crippen molar-refractivity contribution in [3.8, 4) is 11.5 Å². The normalized spacial score (nSPS) is 11.4. The van der Waals surface area contributed by atoms with Crippen molar-refractivity contribution in [2.45, 2.75) is 33.4 Å². The largest absolute Gasteiger partial charge is 0.434 e. The highest BCUT2D eigenvalue weighted by Gasteiger charge is 2.25. The van der Waals surface area contributed by atoms with Gasteiger partial charge < -0.3 is 9.47 Å². The molecule has 0 aliphatic rings. The van der Waals surface area contributed by atoms with Gasteiger partial charge in [0.25, 0.3) is 0 Å². The number of hydrogen-bond donors (Lipinski definition) is 0. The van der Waals surface area contributed by atoms with Crippen LogP contribution in [-0.2, 0) is 21.3 Å². The second-order valence-corrected chi connectivity index (χ2v) is 13.8. The van der Waals surface area contributed by atoms with E-state index in [9.17, 15) is 34.8 Å². The van der Waals surface area contributed by atoms with Gasteiger partial charge in [0, 0.05) is 16.9 Å². The Balaban J connectivity index is 0.000000222. The lowest BCUT2D eigenvalue weighted by molar-refractivity contribution is -0.0511. The van der Waals surface area contributed by atoms with Gasteiger partial charge >= 0.3 is 13.2 Å². The van der Waals surface area contributed by atoms with Crippen LogP contribution in [0.2, 0.25) is 8.67 Å². The third-order valence-corrected chi connectivity index (χ3v) is 9.96. The van der Waals surface area contributed by atoms with Gasteiger partial charge in [0.15, 0.2) is 4.34 Å². The fourth-order valence-electron chi connectivity index (χ4n) is 2.85. The Kier molecular flexibility index (Phi) is 11.8. The van der Waals surface area contributed by atoms with Crippen molar-refractivity contribution in [2.75, 3.05) is 0 Å². The molecule has 4 rings (SSSR count). The summed E-state index contributed by atoms with van der Waals surface area (Å²) in [6, 6.07) is 6.99. The number of rotatable bonds is 10. The minimum atomic E-state index is -4.02. The molecule has 2 aromatic heterocycles. The van der Waals surface area contributed by atoms with E-state index in [2.05, 4.69) is 19.4 Å². The average molecular weight is 684 g/mol. The molecule has 0 saturated carbocycles. The molecule has 2 heterocycles. The molecule has 0 N–H and O–H groups in total. The first kappa shape index (κ1) is 32.3. The van der Waals surface area contributed by atoms with Crippen LogP contribution < -0.4 is 9.47 Å². The molecule has 0 fully saturated rings. The number of hydrogen-bond acceptors (Lipinski definition) is 9. The summed E-state index contributed by atoms with van der Waals surface area (Å²) < 4.78 is 110. The van der Waals surface area contributed by atoms with E-state index in [1.165, 1.54) is 47.5 Å². The second kappa shape index (κ2) is 14.6. The third-order valence-electron chi connectivity index (χ3n) is 4.44. The van der Waals surface area contributed by atoms with Gasteiger partial charge in [-0.25, -0.2) is 27.2 Å². The second-order valence-electron chi connectivity index (χ2n) is 7.10. The van der Waals surface area contributed by atoms with Gasteiger partial charge in [-0.3, -0.25) is 0 Å². The van der Waals surface area contributed by atoms with Crippen LogP contribution in [0.25, 0.3) is 0 Å². The summed E-state index contributed by atoms with van der Waals surface area (Å²) in [4.78, 5) is 7.58. The number of nitrogens with zero attached hydrogens (tertiary/aromatic N) is 2. The smallest absolute Gasteiger partial charge is 0.387 e. The van der Waals surface area contributed by atoms with Crippen LogP contribution in [0.3, 0.4) is 0 Å². The van der Waals surface area contributed by atoms with Gasteiger partial charge in [0.1, 0.15) is 31.8 Å². The molecule has 0 aliphatic carbocycles. The monoisotopic (exact) mass is 682 g/mol. The zero-order valence-corrected chi connectivity index (χ0v) is 24.1. The summed E-state index contributed by atoms with van der Waals surface area (Å²) in [5.41, 5.74) is -0.400. The Morgan fingerprint density at radius 1 is 0.825 bits per heavy atom. The van der Waals surface area contributed by atoms with Crippen LogP contribution in [0.4, 0.5) is 26.3 Å². The summed E-state index contributed by atoms with van der Waals surface area (Å²) in [5.74, 6) is -2.96. The molecule has 18 heteroatoms. The van der Waals surface area contributed by atoms with Crippen molar-refractivity contribution in [3.05, 3.63) is 80.2 Å². The standard InChI is InChI=1S/C11H7ClF3NO3S2.C11H7ClF3NOS2/c12-9-4-16-11(20-9)21(17,18)5-6-7(13)2-1-3-8(6)19-10(14)15;12-9-4-16-11(19-9)18-5-6-7(13)2-1-3-8(6)17-10(14)15/h1-4,10H,5H2;1-4,10H,5H2. The lowest BCUT2D eigenvalue weighted by Gasteiger charge is -2.11. The van der Waals surface area contributed by atoms with Gasteiger partial charge in [0.2, 0.25) is 14.2 Å². The lowest BCUT2D eigenvalue weighted by Crippen LogP contribution is -2.10. The molecule has 216 valence electrons. The zero-order chi connectivity index (χ0) is 29.4. The molecular weight excluding hydrogens is 669 g/mol. The number of ether oxygens (including phenoxy) is 2. The van der Waals surface area contributed by atoms with Crippen LogP contribution in [0.15, 0.2) is 57.5 Å². The molecule has 0 bridgehead atoms. The first-order chi connectivity index (χ1) is 18.9. The number of sulfone groups is 1. The van der Waals surface area contributed by atoms with E-state index in [4.69, 9.17) is 23.2 Å². The fourth-order valence-corrected chi connectivity index (χ4v) is 7.72. The van der Waals surface area contributed by atoms with Gasteiger partial charge in [0.05, 0.1) is 18.1 Å². The van der Waals surface area contributed by atoms with E-state index in [1.807, 2.05) is 0 Å². The van der Waals surface area contributed by atoms with Crippen molar-refractivity contribution in [2.24, 2.45) is 0 Å². The van der Waals surface area contributed by atoms with Crippen molar-refractivity contribution >= 4 is 67.5 Å². The van der Waals surface area contributed by atoms with Crippen LogP contribution in [0, 0.1) is 11.6 Å². The number of benzene rings is 2. The molecular formula is C22H14Cl2F6N2O4S4. The van der Waals surface area contributed by atoms with E-state index in [0.717, 1.165) is 24.4 Å². The maximum absolute atomic E-state index is 13.7. The van der Waals surface area contributed by atoms with Crippen LogP contribution in [-0.4, -0.2) is 31.6 Å². The lowest BCUT2D eigenvalue weighted by atomic mass is 10.2. The Bertz CT molecular complexity index is 1540. The summed E-state index contributed by atoms with van der Waals surface area (Å²) in [5, 5.41) is 0. The average Bonchev–Trinajstić information content (AvgIpc) is 3.49. The van der Waals surface area contributed by atoms with Crippen LogP contribution in [0.1, 0.15) is 11.1 Å². The van der Waals surface area contributed by atoms with Crippen LogP contribution in [0.5, 0.6) is 11.5 Å². The summed E-state index contributed by atoms with van der Waals surface area (Å²) >= 11 is 14.5. The summed E-state index contributed by atoms with van der Waals surface area (Å²) in [6.45, 7) is -6.18. The molecule has 0 spiro atoms. The Hall–Kier alpha value is -2.24. The third kappa shape index (κ3) is 9.41. The highest BCUT2D eigenvalue weighted by atomic mass is 35.5. The van der Waals surface area contributed by atoms with E-state index in [0.29, 0.717) is 20.0 Å². The van der Waals surface area contributed by atoms with Gasteiger partial charge in [-0.1, -0.05) is 69.8 Å². The number of halogens is 8. The van der Waals surface area contributed by atoms with Gasteiger partial charge in [-0.15, -0.1) is 0 Å². The SMILES string of the molecule is Fc1cccc(OC(F)F)c1CSc1ncc(Cl)s1.O=S(=O)(Cc1c(F)cccc1OC(F)F)c1ncc(Cl)s1. The molecule has 0 unspecified atom stereocenters. The molecule has 0 amide bonds. The van der Waals surface area contributed by atoms with Gasteiger partial charge in [-0.05, 0) is 24.3 Å². The van der Waals surface area contributed by atoms with E-state index in [-0.39, 0.29) is 25.7 Å². The topological polar surface area (TPSA) is 78.4 Å². The maximum Gasteiger partial charge on any atom is 0.387 e. The molecule has 0 radical (unpaired) electrons. The quantitative estimate of drug-likeness (QED) is 0.123. The number of alkyl halides is 4. The minimum absolute atomic E-state index is 0.0825. The first-order valence-electron chi connectivity index (χ1n) is 10.4. The first-order valence-corrected chi connectivity index (χ1v) is 15.4. The molecule has 4 aromatic rings. The predicted molar refractivity (Wildman–Crippen MR) is 141 cm³/mol. The van der Waals surface area contributed by atoms with Gasteiger partial charge in [-0.2, -0.15) is 17.6 Å². The molecule has 6 nitrogen and oxygen atoms in total. The molecule has 0 atom stereocenters. The number of aromatic nitrogens is 2. The highest BCUT2D eigenvalue weighted by molar-refractivity contribution is 8.00. The molecule has 0 aliphatic heterocycles. The highest BCUT2D eigenvalue weighted by Crippen LogP contribution is 2.34. The molecule has 2 aromatic carbocycles. The van der Waals surface area contributed by atoms with E-state index in [1.54, 1.807) is 0 Å².